The minimum atomic E-state index is -4.15. The number of alkyl halides is 3. The highest BCUT2D eigenvalue weighted by molar-refractivity contribution is 5.58. The second-order valence-electron chi connectivity index (χ2n) is 4.31. The molecule has 4 nitrogen and oxygen atoms in total. The lowest BCUT2D eigenvalue weighted by Gasteiger charge is -2.22. The fourth-order valence-corrected chi connectivity index (χ4v) is 1.83. The first-order chi connectivity index (χ1) is 8.89. The van der Waals surface area contributed by atoms with E-state index >= 15 is 0 Å². The summed E-state index contributed by atoms with van der Waals surface area (Å²) in [6.07, 6.45) is -2.04. The Morgan fingerprint density at radius 1 is 1.32 bits per heavy atom. The van der Waals surface area contributed by atoms with Crippen LogP contribution < -0.4 is 10.2 Å². The maximum Gasteiger partial charge on any atom is 0.390 e. The van der Waals surface area contributed by atoms with Crippen LogP contribution in [0.3, 0.4) is 0 Å². The molecular weight excluding hydrogens is 257 g/mol. The molecule has 1 heterocycles. The molecule has 1 N–H and O–H groups in total. The van der Waals surface area contributed by atoms with E-state index in [1.54, 1.807) is 14.1 Å². The predicted molar refractivity (Wildman–Crippen MR) is 69.5 cm³/mol. The minimum Gasteiger partial charge on any atom is -0.373 e. The van der Waals surface area contributed by atoms with Crippen molar-refractivity contribution < 1.29 is 13.2 Å². The summed E-state index contributed by atoms with van der Waals surface area (Å²) in [5.41, 5.74) is 0.858. The molecule has 0 amide bonds. The van der Waals surface area contributed by atoms with Crippen LogP contribution in [0.2, 0.25) is 0 Å². The van der Waals surface area contributed by atoms with Crippen molar-refractivity contribution in [3.05, 3.63) is 11.9 Å². The number of halogens is 3. The van der Waals surface area contributed by atoms with Crippen molar-refractivity contribution in [1.82, 2.24) is 9.97 Å². The maximum absolute atomic E-state index is 12.3. The van der Waals surface area contributed by atoms with Crippen LogP contribution in [0.1, 0.15) is 25.3 Å². The fraction of sp³-hybridized carbons (Fsp3) is 0.667. The Morgan fingerprint density at radius 2 is 2.00 bits per heavy atom. The zero-order valence-corrected chi connectivity index (χ0v) is 11.4. The van der Waals surface area contributed by atoms with Gasteiger partial charge in [-0.05, 0) is 6.42 Å². The van der Waals surface area contributed by atoms with E-state index in [4.69, 9.17) is 0 Å². The van der Waals surface area contributed by atoms with Crippen molar-refractivity contribution in [2.45, 2.75) is 32.4 Å². The Kier molecular flexibility index (Phi) is 5.38. The highest BCUT2D eigenvalue weighted by Gasteiger charge is 2.28. The number of hydrogen-bond acceptors (Lipinski definition) is 4. The molecule has 7 heteroatoms. The molecule has 0 atom stereocenters. The first-order valence-corrected chi connectivity index (χ1v) is 6.18. The molecule has 0 saturated heterocycles. The van der Waals surface area contributed by atoms with Crippen LogP contribution in [0.5, 0.6) is 0 Å². The summed E-state index contributed by atoms with van der Waals surface area (Å²) in [5.74, 6) is 1.23. The van der Waals surface area contributed by atoms with Gasteiger partial charge in [0.15, 0.2) is 0 Å². The van der Waals surface area contributed by atoms with Crippen molar-refractivity contribution in [3.63, 3.8) is 0 Å². The monoisotopic (exact) mass is 276 g/mol. The van der Waals surface area contributed by atoms with Gasteiger partial charge in [0, 0.05) is 26.2 Å². The third kappa shape index (κ3) is 4.57. The molecule has 0 aromatic carbocycles. The number of nitrogens with one attached hydrogen (secondary N) is 1. The molecule has 0 aliphatic heterocycles. The molecule has 0 saturated carbocycles. The molecule has 0 unspecified atom stereocenters. The summed E-state index contributed by atoms with van der Waals surface area (Å²) in [4.78, 5) is 9.74. The number of anilines is 2. The molecular formula is C12H19F3N4. The van der Waals surface area contributed by atoms with Gasteiger partial charge in [-0.2, -0.15) is 13.2 Å². The summed E-state index contributed by atoms with van der Waals surface area (Å²) in [5, 5.41) is 2.95. The quantitative estimate of drug-likeness (QED) is 0.867. The Balaban J connectivity index is 2.91. The Bertz CT molecular complexity index is 406. The summed E-state index contributed by atoms with van der Waals surface area (Å²) in [6, 6.07) is 0. The van der Waals surface area contributed by atoms with E-state index in [9.17, 15) is 13.2 Å². The fourth-order valence-electron chi connectivity index (χ4n) is 1.83. The van der Waals surface area contributed by atoms with E-state index < -0.39 is 12.6 Å². The van der Waals surface area contributed by atoms with Crippen molar-refractivity contribution >= 4 is 11.6 Å². The van der Waals surface area contributed by atoms with Gasteiger partial charge in [-0.25, -0.2) is 9.97 Å². The predicted octanol–water partition coefficient (Wildman–Crippen LogP) is 2.86. The lowest BCUT2D eigenvalue weighted by Crippen LogP contribution is -2.26. The Labute approximate surface area is 111 Å². The molecule has 19 heavy (non-hydrogen) atoms. The summed E-state index contributed by atoms with van der Waals surface area (Å²) in [6.45, 7) is 1.90. The van der Waals surface area contributed by atoms with Crippen molar-refractivity contribution in [1.29, 1.82) is 0 Å². The van der Waals surface area contributed by atoms with Gasteiger partial charge in [0.25, 0.3) is 0 Å². The second-order valence-corrected chi connectivity index (χ2v) is 4.31. The molecule has 0 bridgehead atoms. The largest absolute Gasteiger partial charge is 0.390 e. The normalized spacial score (nSPS) is 11.5. The summed E-state index contributed by atoms with van der Waals surface area (Å²) in [7, 11) is 3.35. The van der Waals surface area contributed by atoms with Gasteiger partial charge in [0.1, 0.15) is 18.0 Å². The molecule has 0 spiro atoms. The van der Waals surface area contributed by atoms with Crippen LogP contribution in [-0.2, 0) is 6.42 Å². The average Bonchev–Trinajstić information content (AvgIpc) is 2.35. The lowest BCUT2D eigenvalue weighted by molar-refractivity contribution is -0.132. The molecule has 0 aliphatic rings. The van der Waals surface area contributed by atoms with E-state index in [0.717, 1.165) is 18.4 Å². The van der Waals surface area contributed by atoms with Gasteiger partial charge in [-0.1, -0.05) is 13.3 Å². The van der Waals surface area contributed by atoms with E-state index in [1.807, 2.05) is 6.92 Å². The van der Waals surface area contributed by atoms with E-state index in [-0.39, 0.29) is 6.54 Å². The summed E-state index contributed by atoms with van der Waals surface area (Å²) >= 11 is 0. The van der Waals surface area contributed by atoms with Gasteiger partial charge in [0.05, 0.1) is 6.42 Å². The zero-order chi connectivity index (χ0) is 14.5. The molecule has 1 aromatic heterocycles. The van der Waals surface area contributed by atoms with Crippen LogP contribution in [0.15, 0.2) is 6.33 Å². The maximum atomic E-state index is 12.3. The highest BCUT2D eigenvalue weighted by atomic mass is 19.4. The van der Waals surface area contributed by atoms with Crippen LogP contribution >= 0.6 is 0 Å². The van der Waals surface area contributed by atoms with E-state index in [0.29, 0.717) is 11.6 Å². The third-order valence-electron chi connectivity index (χ3n) is 2.75. The van der Waals surface area contributed by atoms with Crippen LogP contribution in [0, 0.1) is 0 Å². The molecule has 1 aromatic rings. The van der Waals surface area contributed by atoms with Crippen molar-refractivity contribution in [2.75, 3.05) is 30.9 Å². The standard InChI is InChI=1S/C12H19F3N4/c1-4-5-9-10(16-2)17-8-18-11(9)19(3)7-6-12(13,14)15/h8H,4-7H2,1-3H3,(H,16,17,18). The highest BCUT2D eigenvalue weighted by Crippen LogP contribution is 2.26. The summed E-state index contributed by atoms with van der Waals surface area (Å²) < 4.78 is 36.8. The van der Waals surface area contributed by atoms with Gasteiger partial charge in [0.2, 0.25) is 0 Å². The van der Waals surface area contributed by atoms with E-state index in [1.165, 1.54) is 11.2 Å². The van der Waals surface area contributed by atoms with Crippen LogP contribution in [-0.4, -0.2) is 36.8 Å². The van der Waals surface area contributed by atoms with Crippen LogP contribution in [0.25, 0.3) is 0 Å². The molecule has 0 radical (unpaired) electrons. The first-order valence-electron chi connectivity index (χ1n) is 6.18. The van der Waals surface area contributed by atoms with Crippen molar-refractivity contribution in [2.24, 2.45) is 0 Å². The van der Waals surface area contributed by atoms with E-state index in [2.05, 4.69) is 15.3 Å². The molecule has 1 rings (SSSR count). The van der Waals surface area contributed by atoms with Gasteiger partial charge < -0.3 is 10.2 Å². The smallest absolute Gasteiger partial charge is 0.373 e. The molecule has 0 aliphatic carbocycles. The zero-order valence-electron chi connectivity index (χ0n) is 11.4. The second kappa shape index (κ2) is 6.58. The number of rotatable bonds is 6. The number of aromatic nitrogens is 2. The SMILES string of the molecule is CCCc1c(NC)ncnc1N(C)CCC(F)(F)F. The Hall–Kier alpha value is -1.53. The van der Waals surface area contributed by atoms with Gasteiger partial charge in [-0.15, -0.1) is 0 Å². The molecule has 0 fully saturated rings. The third-order valence-corrected chi connectivity index (χ3v) is 2.75. The number of hydrogen-bond donors (Lipinski definition) is 1. The molecule has 108 valence electrons. The average molecular weight is 276 g/mol. The van der Waals surface area contributed by atoms with Gasteiger partial charge >= 0.3 is 6.18 Å². The van der Waals surface area contributed by atoms with Crippen molar-refractivity contribution in [3.8, 4) is 0 Å². The topological polar surface area (TPSA) is 41.1 Å². The Morgan fingerprint density at radius 3 is 2.53 bits per heavy atom. The first kappa shape index (κ1) is 15.5. The minimum absolute atomic E-state index is 0.111. The number of nitrogens with zero attached hydrogens (tertiary/aromatic N) is 3. The van der Waals surface area contributed by atoms with Gasteiger partial charge in [-0.3, -0.25) is 0 Å². The van der Waals surface area contributed by atoms with Crippen LogP contribution in [0.4, 0.5) is 24.8 Å². The lowest BCUT2D eigenvalue weighted by atomic mass is 10.1.